The maximum absolute atomic E-state index is 12.7. The van der Waals surface area contributed by atoms with E-state index in [0.717, 1.165) is 54.1 Å². The van der Waals surface area contributed by atoms with Gasteiger partial charge in [0.15, 0.2) is 0 Å². The van der Waals surface area contributed by atoms with Crippen molar-refractivity contribution >= 4 is 12.0 Å². The largest absolute Gasteiger partial charge is 0.376 e. The van der Waals surface area contributed by atoms with E-state index in [1.54, 1.807) is 12.3 Å². The summed E-state index contributed by atoms with van der Waals surface area (Å²) in [6.07, 6.45) is 7.75. The lowest BCUT2D eigenvalue weighted by atomic mass is 10.1. The quantitative estimate of drug-likeness (QED) is 0.424. The molecule has 1 aliphatic heterocycles. The van der Waals surface area contributed by atoms with Gasteiger partial charge in [0.1, 0.15) is 11.6 Å². The van der Waals surface area contributed by atoms with E-state index >= 15 is 0 Å². The minimum Gasteiger partial charge on any atom is -0.376 e. The smallest absolute Gasteiger partial charge is 0.262 e. The van der Waals surface area contributed by atoms with Crippen molar-refractivity contribution in [2.75, 3.05) is 6.61 Å². The summed E-state index contributed by atoms with van der Waals surface area (Å²) in [5.41, 5.74) is 5.23. The van der Waals surface area contributed by atoms with Crippen molar-refractivity contribution in [3.63, 3.8) is 0 Å². The number of nitrogens with one attached hydrogen (secondary N) is 1. The second-order valence-corrected chi connectivity index (χ2v) is 8.44. The minimum atomic E-state index is -0.373. The zero-order valence-electron chi connectivity index (χ0n) is 19.1. The SMILES string of the molecule is Cc1cc(/C=C(\C#N)C(=O)NCc2ccc(Cn3cccn3)cc2)c(C)n1C[C@@H]1CCCO1. The predicted molar refractivity (Wildman–Crippen MR) is 126 cm³/mol. The van der Waals surface area contributed by atoms with Crippen molar-refractivity contribution in [1.82, 2.24) is 19.7 Å². The molecule has 0 saturated carbocycles. The number of amides is 1. The number of aromatic nitrogens is 3. The van der Waals surface area contributed by atoms with Gasteiger partial charge in [0.25, 0.3) is 5.91 Å². The number of rotatable bonds is 8. The molecule has 1 N–H and O–H groups in total. The molecule has 170 valence electrons. The maximum atomic E-state index is 12.7. The van der Waals surface area contributed by atoms with Crippen LogP contribution < -0.4 is 5.32 Å². The number of aryl methyl sites for hydroxylation is 1. The Hall–Kier alpha value is -3.63. The minimum absolute atomic E-state index is 0.0997. The number of hydrogen-bond donors (Lipinski definition) is 1. The van der Waals surface area contributed by atoms with Crippen molar-refractivity contribution < 1.29 is 9.53 Å². The van der Waals surface area contributed by atoms with E-state index in [1.807, 2.05) is 61.1 Å². The molecule has 0 aliphatic carbocycles. The van der Waals surface area contributed by atoms with Crippen LogP contribution in [0.15, 0.2) is 54.4 Å². The van der Waals surface area contributed by atoms with Crippen molar-refractivity contribution in [3.8, 4) is 6.07 Å². The Morgan fingerprint density at radius 1 is 1.30 bits per heavy atom. The van der Waals surface area contributed by atoms with Gasteiger partial charge in [0.05, 0.1) is 12.6 Å². The Morgan fingerprint density at radius 3 is 2.76 bits per heavy atom. The third-order valence-corrected chi connectivity index (χ3v) is 6.07. The summed E-state index contributed by atoms with van der Waals surface area (Å²) in [5.74, 6) is -0.373. The van der Waals surface area contributed by atoms with Gasteiger partial charge in [-0.1, -0.05) is 24.3 Å². The average Bonchev–Trinajstić information content (AvgIpc) is 3.57. The molecule has 1 aliphatic rings. The van der Waals surface area contributed by atoms with Gasteiger partial charge in [-0.2, -0.15) is 10.4 Å². The van der Waals surface area contributed by atoms with Gasteiger partial charge < -0.3 is 14.6 Å². The van der Waals surface area contributed by atoms with Crippen molar-refractivity contribution in [2.45, 2.75) is 52.4 Å². The summed E-state index contributed by atoms with van der Waals surface area (Å²) in [7, 11) is 0. The molecular weight excluding hydrogens is 414 g/mol. The summed E-state index contributed by atoms with van der Waals surface area (Å²) in [6.45, 7) is 6.75. The van der Waals surface area contributed by atoms with Crippen molar-refractivity contribution in [3.05, 3.63) is 82.4 Å². The maximum Gasteiger partial charge on any atom is 0.262 e. The predicted octanol–water partition coefficient (Wildman–Crippen LogP) is 3.75. The standard InChI is InChI=1S/C26H29N5O2/c1-19-13-23(20(2)31(19)18-25-5-3-12-33-25)14-24(15-27)26(32)28-16-21-6-8-22(9-7-21)17-30-11-4-10-29-30/h4,6-11,13-14,25H,3,5,12,16-18H2,1-2H3,(H,28,32)/b24-14+/t25-/m0/s1. The number of hydrogen-bond acceptors (Lipinski definition) is 4. The van der Waals surface area contributed by atoms with Crippen molar-refractivity contribution in [2.24, 2.45) is 0 Å². The van der Waals surface area contributed by atoms with E-state index in [1.165, 1.54) is 0 Å². The fraction of sp³-hybridized carbons (Fsp3) is 0.346. The van der Waals surface area contributed by atoms with Gasteiger partial charge in [-0.15, -0.1) is 0 Å². The zero-order valence-corrected chi connectivity index (χ0v) is 19.1. The van der Waals surface area contributed by atoms with Crippen LogP contribution in [-0.4, -0.2) is 33.0 Å². The summed E-state index contributed by atoms with van der Waals surface area (Å²) < 4.78 is 9.83. The fourth-order valence-electron chi connectivity index (χ4n) is 4.17. The molecule has 0 bridgehead atoms. The lowest BCUT2D eigenvalue weighted by molar-refractivity contribution is -0.117. The molecule has 33 heavy (non-hydrogen) atoms. The van der Waals surface area contributed by atoms with Crippen LogP contribution in [0, 0.1) is 25.2 Å². The molecule has 7 heteroatoms. The van der Waals surface area contributed by atoms with Gasteiger partial charge in [-0.3, -0.25) is 9.48 Å². The Labute approximate surface area is 194 Å². The van der Waals surface area contributed by atoms with E-state index in [2.05, 4.69) is 21.1 Å². The average molecular weight is 444 g/mol. The van der Waals surface area contributed by atoms with E-state index < -0.39 is 0 Å². The molecule has 1 fully saturated rings. The number of nitrogens with zero attached hydrogens (tertiary/aromatic N) is 4. The van der Waals surface area contributed by atoms with Crippen LogP contribution in [0.1, 0.15) is 40.9 Å². The monoisotopic (exact) mass is 443 g/mol. The topological polar surface area (TPSA) is 84.9 Å². The first-order valence-electron chi connectivity index (χ1n) is 11.3. The molecule has 1 saturated heterocycles. The van der Waals surface area contributed by atoms with E-state index in [0.29, 0.717) is 13.1 Å². The van der Waals surface area contributed by atoms with Gasteiger partial charge in [-0.05, 0) is 61.6 Å². The van der Waals surface area contributed by atoms with Crippen LogP contribution in [0.4, 0.5) is 0 Å². The van der Waals surface area contributed by atoms with E-state index in [9.17, 15) is 10.1 Å². The van der Waals surface area contributed by atoms with Crippen LogP contribution in [0.2, 0.25) is 0 Å². The van der Waals surface area contributed by atoms with Crippen LogP contribution in [0.5, 0.6) is 0 Å². The molecule has 0 radical (unpaired) electrons. The Balaban J connectivity index is 1.38. The molecule has 2 aromatic heterocycles. The highest BCUT2D eigenvalue weighted by Crippen LogP contribution is 2.22. The summed E-state index contributed by atoms with van der Waals surface area (Å²) in [4.78, 5) is 12.7. The van der Waals surface area contributed by atoms with Crippen molar-refractivity contribution in [1.29, 1.82) is 5.26 Å². The second kappa shape index (κ2) is 10.3. The molecule has 1 aromatic carbocycles. The normalized spacial score (nSPS) is 16.0. The molecule has 7 nitrogen and oxygen atoms in total. The highest BCUT2D eigenvalue weighted by Gasteiger charge is 2.19. The van der Waals surface area contributed by atoms with Gasteiger partial charge >= 0.3 is 0 Å². The molecule has 1 amide bonds. The van der Waals surface area contributed by atoms with Gasteiger partial charge in [0, 0.05) is 43.5 Å². The number of carbonyl (C=O) groups excluding carboxylic acids is 1. The number of carbonyl (C=O) groups is 1. The van der Waals surface area contributed by atoms with E-state index in [4.69, 9.17) is 4.74 Å². The Morgan fingerprint density at radius 2 is 2.09 bits per heavy atom. The van der Waals surface area contributed by atoms with Crippen LogP contribution >= 0.6 is 0 Å². The highest BCUT2D eigenvalue weighted by molar-refractivity contribution is 6.01. The third-order valence-electron chi connectivity index (χ3n) is 6.07. The van der Waals surface area contributed by atoms with Gasteiger partial charge in [-0.25, -0.2) is 0 Å². The molecule has 4 rings (SSSR count). The molecule has 3 aromatic rings. The highest BCUT2D eigenvalue weighted by atomic mass is 16.5. The molecule has 0 spiro atoms. The third kappa shape index (κ3) is 5.60. The first-order valence-corrected chi connectivity index (χ1v) is 11.3. The summed E-state index contributed by atoms with van der Waals surface area (Å²) in [6, 6.07) is 14.0. The second-order valence-electron chi connectivity index (χ2n) is 8.44. The summed E-state index contributed by atoms with van der Waals surface area (Å²) in [5, 5.41) is 16.7. The number of benzene rings is 1. The lowest BCUT2D eigenvalue weighted by Gasteiger charge is -2.14. The molecule has 1 atom stereocenters. The number of nitriles is 1. The van der Waals surface area contributed by atoms with E-state index in [-0.39, 0.29) is 17.6 Å². The molecular formula is C26H29N5O2. The number of ether oxygens (including phenoxy) is 1. The van der Waals surface area contributed by atoms with Crippen LogP contribution in [0.3, 0.4) is 0 Å². The lowest BCUT2D eigenvalue weighted by Crippen LogP contribution is -2.24. The summed E-state index contributed by atoms with van der Waals surface area (Å²) >= 11 is 0. The van der Waals surface area contributed by atoms with Crippen LogP contribution in [0.25, 0.3) is 6.08 Å². The Kier molecular flexibility index (Phi) is 7.06. The van der Waals surface area contributed by atoms with Gasteiger partial charge in [0.2, 0.25) is 0 Å². The first-order chi connectivity index (χ1) is 16.0. The fourth-order valence-corrected chi connectivity index (χ4v) is 4.17. The molecule has 3 heterocycles. The molecule has 0 unspecified atom stereocenters. The Bertz CT molecular complexity index is 1160. The first kappa shape index (κ1) is 22.6. The van der Waals surface area contributed by atoms with Crippen LogP contribution in [-0.2, 0) is 29.2 Å². The zero-order chi connectivity index (χ0) is 23.2.